The molecule has 0 radical (unpaired) electrons. The summed E-state index contributed by atoms with van der Waals surface area (Å²) >= 11 is 0. The van der Waals surface area contributed by atoms with Gasteiger partial charge in [-0.3, -0.25) is 14.4 Å². The smallest absolute Gasteiger partial charge is 0.306 e. The van der Waals surface area contributed by atoms with Crippen LogP contribution in [0.15, 0.2) is 85.1 Å². The highest BCUT2D eigenvalue weighted by Gasteiger charge is 2.19. The molecule has 0 bridgehead atoms. The average Bonchev–Trinajstić information content (AvgIpc) is 3.18. The molecular formula is C49H80O6. The SMILES string of the molecule is CC/C=C\C/C=C\C/C=C\CCCC(=O)OC(COC(=O)CCC/C=C\C/C=C\C/C=C\CCCCCCCC)COC(=O)CCC/C=C\CCCCCC. The second kappa shape index (κ2) is 43.3. The second-order valence-corrected chi connectivity index (χ2v) is 14.2. The lowest BCUT2D eigenvalue weighted by Gasteiger charge is -2.18. The summed E-state index contributed by atoms with van der Waals surface area (Å²) in [6.07, 6.45) is 54.5. The van der Waals surface area contributed by atoms with Crippen LogP contribution in [0.4, 0.5) is 0 Å². The molecule has 1 unspecified atom stereocenters. The van der Waals surface area contributed by atoms with Gasteiger partial charge in [-0.2, -0.15) is 0 Å². The van der Waals surface area contributed by atoms with Gasteiger partial charge in [0.2, 0.25) is 0 Å². The summed E-state index contributed by atoms with van der Waals surface area (Å²) in [5.41, 5.74) is 0. The molecule has 312 valence electrons. The number of hydrogen-bond donors (Lipinski definition) is 0. The third kappa shape index (κ3) is 41.6. The van der Waals surface area contributed by atoms with Gasteiger partial charge in [0.05, 0.1) is 0 Å². The number of unbranched alkanes of at least 4 members (excludes halogenated alkanes) is 13. The molecule has 0 N–H and O–H groups in total. The summed E-state index contributed by atoms with van der Waals surface area (Å²) in [7, 11) is 0. The molecule has 6 nitrogen and oxygen atoms in total. The van der Waals surface area contributed by atoms with Gasteiger partial charge in [0.15, 0.2) is 6.10 Å². The van der Waals surface area contributed by atoms with E-state index in [4.69, 9.17) is 14.2 Å². The third-order valence-electron chi connectivity index (χ3n) is 8.85. The van der Waals surface area contributed by atoms with Crippen molar-refractivity contribution in [3.8, 4) is 0 Å². The number of ether oxygens (including phenoxy) is 3. The van der Waals surface area contributed by atoms with Crippen molar-refractivity contribution in [3.05, 3.63) is 85.1 Å². The zero-order valence-corrected chi connectivity index (χ0v) is 35.4. The Balaban J connectivity index is 4.52. The van der Waals surface area contributed by atoms with Gasteiger partial charge in [0, 0.05) is 19.3 Å². The monoisotopic (exact) mass is 765 g/mol. The largest absolute Gasteiger partial charge is 0.462 e. The first-order valence-corrected chi connectivity index (χ1v) is 22.1. The molecule has 0 aromatic carbocycles. The first kappa shape index (κ1) is 51.6. The van der Waals surface area contributed by atoms with Gasteiger partial charge in [0.1, 0.15) is 13.2 Å². The Bertz CT molecular complexity index is 1110. The molecule has 1 atom stereocenters. The van der Waals surface area contributed by atoms with Crippen molar-refractivity contribution >= 4 is 17.9 Å². The minimum Gasteiger partial charge on any atom is -0.462 e. The lowest BCUT2D eigenvalue weighted by Crippen LogP contribution is -2.30. The summed E-state index contributed by atoms with van der Waals surface area (Å²) < 4.78 is 16.5. The van der Waals surface area contributed by atoms with Crippen LogP contribution in [0.25, 0.3) is 0 Å². The molecule has 0 saturated heterocycles. The fourth-order valence-electron chi connectivity index (χ4n) is 5.54. The van der Waals surface area contributed by atoms with Gasteiger partial charge in [-0.05, 0) is 96.3 Å². The molecule has 0 aliphatic carbocycles. The van der Waals surface area contributed by atoms with Gasteiger partial charge in [-0.1, -0.05) is 157 Å². The quantitative estimate of drug-likeness (QED) is 0.0270. The van der Waals surface area contributed by atoms with E-state index in [1.807, 2.05) is 0 Å². The van der Waals surface area contributed by atoms with Crippen LogP contribution in [0.3, 0.4) is 0 Å². The van der Waals surface area contributed by atoms with E-state index < -0.39 is 6.10 Å². The molecular weight excluding hydrogens is 685 g/mol. The highest BCUT2D eigenvalue weighted by atomic mass is 16.6. The van der Waals surface area contributed by atoms with Crippen molar-refractivity contribution in [1.29, 1.82) is 0 Å². The number of rotatable bonds is 38. The van der Waals surface area contributed by atoms with Crippen molar-refractivity contribution < 1.29 is 28.6 Å². The normalized spacial score (nSPS) is 12.9. The van der Waals surface area contributed by atoms with E-state index in [9.17, 15) is 14.4 Å². The lowest BCUT2D eigenvalue weighted by molar-refractivity contribution is -0.166. The Morgan fingerprint density at radius 3 is 1.15 bits per heavy atom. The lowest BCUT2D eigenvalue weighted by atomic mass is 10.1. The molecule has 0 saturated carbocycles. The number of allylic oxidation sites excluding steroid dienone is 14. The van der Waals surface area contributed by atoms with Crippen LogP contribution in [-0.2, 0) is 28.6 Å². The van der Waals surface area contributed by atoms with Crippen LogP contribution in [-0.4, -0.2) is 37.2 Å². The van der Waals surface area contributed by atoms with Gasteiger partial charge in [0.25, 0.3) is 0 Å². The predicted octanol–water partition coefficient (Wildman–Crippen LogP) is 14.1. The van der Waals surface area contributed by atoms with E-state index in [1.165, 1.54) is 70.6 Å². The van der Waals surface area contributed by atoms with Gasteiger partial charge >= 0.3 is 17.9 Å². The van der Waals surface area contributed by atoms with Crippen LogP contribution >= 0.6 is 0 Å². The van der Waals surface area contributed by atoms with Gasteiger partial charge in [-0.15, -0.1) is 0 Å². The van der Waals surface area contributed by atoms with Crippen LogP contribution in [0, 0.1) is 0 Å². The van der Waals surface area contributed by atoms with E-state index in [1.54, 1.807) is 0 Å². The summed E-state index contributed by atoms with van der Waals surface area (Å²) in [6.45, 7) is 6.33. The van der Waals surface area contributed by atoms with Crippen LogP contribution in [0.2, 0.25) is 0 Å². The first-order chi connectivity index (χ1) is 27.0. The molecule has 55 heavy (non-hydrogen) atoms. The Morgan fingerprint density at radius 1 is 0.382 bits per heavy atom. The van der Waals surface area contributed by atoms with E-state index >= 15 is 0 Å². The zero-order chi connectivity index (χ0) is 40.1. The molecule has 0 amide bonds. The molecule has 0 aromatic heterocycles. The summed E-state index contributed by atoms with van der Waals surface area (Å²) in [6, 6.07) is 0. The maximum Gasteiger partial charge on any atom is 0.306 e. The molecule has 0 rings (SSSR count). The van der Waals surface area contributed by atoms with Gasteiger partial charge in [-0.25, -0.2) is 0 Å². The van der Waals surface area contributed by atoms with Crippen molar-refractivity contribution in [1.82, 2.24) is 0 Å². The van der Waals surface area contributed by atoms with Crippen molar-refractivity contribution in [2.24, 2.45) is 0 Å². The highest BCUT2D eigenvalue weighted by molar-refractivity contribution is 5.71. The summed E-state index contributed by atoms with van der Waals surface area (Å²) in [5.74, 6) is -1.08. The van der Waals surface area contributed by atoms with Gasteiger partial charge < -0.3 is 14.2 Å². The summed E-state index contributed by atoms with van der Waals surface area (Å²) in [5, 5.41) is 0. The maximum absolute atomic E-state index is 12.6. The minimum absolute atomic E-state index is 0.129. The highest BCUT2D eigenvalue weighted by Crippen LogP contribution is 2.10. The third-order valence-corrected chi connectivity index (χ3v) is 8.85. The molecule has 0 fully saturated rings. The Morgan fingerprint density at radius 2 is 0.709 bits per heavy atom. The first-order valence-electron chi connectivity index (χ1n) is 22.1. The fraction of sp³-hybridized carbons (Fsp3) is 0.653. The average molecular weight is 765 g/mol. The van der Waals surface area contributed by atoms with Crippen molar-refractivity contribution in [2.75, 3.05) is 13.2 Å². The molecule has 0 aliphatic heterocycles. The number of esters is 3. The Kier molecular flexibility index (Phi) is 40.6. The fourth-order valence-corrected chi connectivity index (χ4v) is 5.54. The van der Waals surface area contributed by atoms with E-state index in [0.717, 1.165) is 57.8 Å². The standard InChI is InChI=1S/C49H80O6/c1-4-7-10-13-16-19-21-22-23-24-25-26-28-30-33-36-39-42-48(51)54-45-46(44-53-47(50)41-38-35-32-29-18-15-12-9-6-3)55-49(52)43-40-37-34-31-27-20-17-14-11-8-5-2/h8,11,17,20,22-23,25-26,29-34,46H,4-7,9-10,12-16,18-19,21,24,27-28,35-45H2,1-3H3/b11-8-,20-17-,23-22-,26-25-,32-29-,33-30-,34-31-. The Hall–Kier alpha value is -3.41. The molecule has 0 aromatic rings. The molecule has 0 heterocycles. The summed E-state index contributed by atoms with van der Waals surface area (Å²) in [4.78, 5) is 37.5. The van der Waals surface area contributed by atoms with E-state index in [-0.39, 0.29) is 50.4 Å². The van der Waals surface area contributed by atoms with E-state index in [2.05, 4.69) is 106 Å². The number of carbonyl (C=O) groups excluding carboxylic acids is 3. The Labute approximate surface area is 337 Å². The predicted molar refractivity (Wildman–Crippen MR) is 233 cm³/mol. The van der Waals surface area contributed by atoms with Crippen LogP contribution in [0.1, 0.15) is 188 Å². The zero-order valence-electron chi connectivity index (χ0n) is 35.4. The molecule has 6 heteroatoms. The second-order valence-electron chi connectivity index (χ2n) is 14.2. The van der Waals surface area contributed by atoms with Crippen LogP contribution in [0.5, 0.6) is 0 Å². The maximum atomic E-state index is 12.6. The number of hydrogen-bond acceptors (Lipinski definition) is 6. The molecule has 0 spiro atoms. The number of carbonyl (C=O) groups is 3. The van der Waals surface area contributed by atoms with Crippen molar-refractivity contribution in [2.45, 2.75) is 194 Å². The topological polar surface area (TPSA) is 78.9 Å². The molecule has 0 aliphatic rings. The van der Waals surface area contributed by atoms with E-state index in [0.29, 0.717) is 19.3 Å². The minimum atomic E-state index is -0.831. The van der Waals surface area contributed by atoms with Crippen LogP contribution < -0.4 is 0 Å². The van der Waals surface area contributed by atoms with Crippen molar-refractivity contribution in [3.63, 3.8) is 0 Å².